The highest BCUT2D eigenvalue weighted by Crippen LogP contribution is 2.28. The second kappa shape index (κ2) is 7.51. The van der Waals surface area contributed by atoms with Gasteiger partial charge in [-0.2, -0.15) is 0 Å². The molecule has 2 aromatic rings. The number of rotatable bonds is 6. The Morgan fingerprint density at radius 1 is 1.33 bits per heavy atom. The van der Waals surface area contributed by atoms with Crippen LogP contribution in [0.4, 0.5) is 0 Å². The van der Waals surface area contributed by atoms with Crippen LogP contribution in [0.3, 0.4) is 0 Å². The van der Waals surface area contributed by atoms with Crippen molar-refractivity contribution in [3.8, 4) is 10.6 Å². The highest BCUT2D eigenvalue weighted by Gasteiger charge is 2.10. The summed E-state index contributed by atoms with van der Waals surface area (Å²) in [4.78, 5) is 17.0. The number of hydrogen-bond donors (Lipinski definition) is 1. The van der Waals surface area contributed by atoms with Crippen molar-refractivity contribution in [2.24, 2.45) is 0 Å². The van der Waals surface area contributed by atoms with Gasteiger partial charge in [0.05, 0.1) is 21.3 Å². The summed E-state index contributed by atoms with van der Waals surface area (Å²) in [5, 5.41) is 13.0. The zero-order chi connectivity index (χ0) is 15.2. The SMILES string of the molecule is CCCNC(=O)CSc1ccc(-c2sc(C)nc2C)nn1. The Hall–Kier alpha value is -1.47. The van der Waals surface area contributed by atoms with Gasteiger partial charge in [-0.3, -0.25) is 4.79 Å². The fourth-order valence-corrected chi connectivity index (χ4v) is 3.27. The standard InChI is InChI=1S/C14H18N4OS2/c1-4-7-15-12(19)8-20-13-6-5-11(17-18-13)14-9(2)16-10(3)21-14/h5-6H,4,7-8H2,1-3H3,(H,15,19). The van der Waals surface area contributed by atoms with Crippen molar-refractivity contribution in [1.82, 2.24) is 20.5 Å². The van der Waals surface area contributed by atoms with E-state index >= 15 is 0 Å². The first-order chi connectivity index (χ1) is 10.1. The van der Waals surface area contributed by atoms with E-state index in [9.17, 15) is 4.79 Å². The minimum absolute atomic E-state index is 0.0293. The lowest BCUT2D eigenvalue weighted by Crippen LogP contribution is -2.25. The number of carbonyl (C=O) groups is 1. The van der Waals surface area contributed by atoms with E-state index in [4.69, 9.17) is 0 Å². The molecule has 1 N–H and O–H groups in total. The highest BCUT2D eigenvalue weighted by atomic mass is 32.2. The molecule has 5 nitrogen and oxygen atoms in total. The van der Waals surface area contributed by atoms with E-state index in [2.05, 4.69) is 20.5 Å². The zero-order valence-corrected chi connectivity index (χ0v) is 14.0. The topological polar surface area (TPSA) is 67.8 Å². The van der Waals surface area contributed by atoms with Gasteiger partial charge in [0.2, 0.25) is 5.91 Å². The van der Waals surface area contributed by atoms with E-state index in [-0.39, 0.29) is 5.91 Å². The van der Waals surface area contributed by atoms with Gasteiger partial charge in [-0.1, -0.05) is 18.7 Å². The van der Waals surface area contributed by atoms with Crippen molar-refractivity contribution in [2.75, 3.05) is 12.3 Å². The fourth-order valence-electron chi connectivity index (χ4n) is 1.74. The van der Waals surface area contributed by atoms with E-state index in [1.165, 1.54) is 11.8 Å². The molecule has 0 atom stereocenters. The first-order valence-electron chi connectivity index (χ1n) is 6.77. The smallest absolute Gasteiger partial charge is 0.230 e. The third kappa shape index (κ3) is 4.50. The van der Waals surface area contributed by atoms with Gasteiger partial charge in [-0.15, -0.1) is 21.5 Å². The highest BCUT2D eigenvalue weighted by molar-refractivity contribution is 7.99. The molecule has 2 heterocycles. The number of aromatic nitrogens is 3. The van der Waals surface area contributed by atoms with Crippen LogP contribution in [0.2, 0.25) is 0 Å². The molecule has 2 rings (SSSR count). The average molecular weight is 322 g/mol. The quantitative estimate of drug-likeness (QED) is 0.828. The summed E-state index contributed by atoms with van der Waals surface area (Å²) in [7, 11) is 0. The molecular formula is C14H18N4OS2. The van der Waals surface area contributed by atoms with Crippen LogP contribution in [0, 0.1) is 13.8 Å². The average Bonchev–Trinajstić information content (AvgIpc) is 2.82. The van der Waals surface area contributed by atoms with Crippen LogP contribution >= 0.6 is 23.1 Å². The lowest BCUT2D eigenvalue weighted by atomic mass is 10.3. The van der Waals surface area contributed by atoms with Gasteiger partial charge in [0.25, 0.3) is 0 Å². The van der Waals surface area contributed by atoms with Crippen molar-refractivity contribution in [3.05, 3.63) is 22.8 Å². The molecule has 0 spiro atoms. The van der Waals surface area contributed by atoms with Crippen molar-refractivity contribution in [2.45, 2.75) is 32.2 Å². The first-order valence-corrected chi connectivity index (χ1v) is 8.58. The van der Waals surface area contributed by atoms with Crippen molar-refractivity contribution in [1.29, 1.82) is 0 Å². The van der Waals surface area contributed by atoms with E-state index in [0.717, 1.165) is 32.7 Å². The molecule has 0 radical (unpaired) electrons. The maximum Gasteiger partial charge on any atom is 0.230 e. The monoisotopic (exact) mass is 322 g/mol. The number of nitrogens with zero attached hydrogens (tertiary/aromatic N) is 3. The maximum atomic E-state index is 11.5. The summed E-state index contributed by atoms with van der Waals surface area (Å²) in [6.45, 7) is 6.70. The molecular weight excluding hydrogens is 304 g/mol. The Balaban J connectivity index is 1.96. The first kappa shape index (κ1) is 15.9. The number of nitrogens with one attached hydrogen (secondary N) is 1. The van der Waals surface area contributed by atoms with Gasteiger partial charge in [-0.25, -0.2) is 4.98 Å². The molecule has 7 heteroatoms. The number of thiazole rings is 1. The number of hydrogen-bond acceptors (Lipinski definition) is 6. The molecule has 0 bridgehead atoms. The number of amides is 1. The zero-order valence-electron chi connectivity index (χ0n) is 12.3. The van der Waals surface area contributed by atoms with Crippen molar-refractivity contribution >= 4 is 29.0 Å². The molecule has 0 aliphatic heterocycles. The number of thioether (sulfide) groups is 1. The summed E-state index contributed by atoms with van der Waals surface area (Å²) >= 11 is 3.01. The minimum atomic E-state index is 0.0293. The Morgan fingerprint density at radius 3 is 2.71 bits per heavy atom. The molecule has 1 amide bonds. The molecule has 0 aliphatic rings. The summed E-state index contributed by atoms with van der Waals surface area (Å²) < 4.78 is 0. The third-order valence-electron chi connectivity index (χ3n) is 2.70. The molecule has 0 unspecified atom stereocenters. The fraction of sp³-hybridized carbons (Fsp3) is 0.429. The lowest BCUT2D eigenvalue weighted by molar-refractivity contribution is -0.118. The largest absolute Gasteiger partial charge is 0.355 e. The second-order valence-corrected chi connectivity index (χ2v) is 6.74. The molecule has 0 aliphatic carbocycles. The Morgan fingerprint density at radius 2 is 2.14 bits per heavy atom. The van der Waals surface area contributed by atoms with Crippen molar-refractivity contribution < 1.29 is 4.79 Å². The Kier molecular flexibility index (Phi) is 5.69. The number of aryl methyl sites for hydroxylation is 2. The Bertz CT molecular complexity index is 610. The van der Waals surface area contributed by atoms with Crippen LogP contribution < -0.4 is 5.32 Å². The van der Waals surface area contributed by atoms with Crippen molar-refractivity contribution in [3.63, 3.8) is 0 Å². The van der Waals surface area contributed by atoms with Crippen LogP contribution in [-0.2, 0) is 4.79 Å². The van der Waals surface area contributed by atoms with Crippen LogP contribution in [0.15, 0.2) is 17.2 Å². The second-order valence-electron chi connectivity index (χ2n) is 4.54. The van der Waals surface area contributed by atoms with Gasteiger partial charge in [0, 0.05) is 6.54 Å². The van der Waals surface area contributed by atoms with E-state index in [1.807, 2.05) is 32.9 Å². The summed E-state index contributed by atoms with van der Waals surface area (Å²) in [6.07, 6.45) is 0.943. The molecule has 21 heavy (non-hydrogen) atoms. The van der Waals surface area contributed by atoms with Gasteiger partial charge in [-0.05, 0) is 32.4 Å². The van der Waals surface area contributed by atoms with Crippen LogP contribution in [0.25, 0.3) is 10.6 Å². The summed E-state index contributed by atoms with van der Waals surface area (Å²) in [5.74, 6) is 0.397. The normalized spacial score (nSPS) is 10.6. The molecule has 112 valence electrons. The lowest BCUT2D eigenvalue weighted by Gasteiger charge is -2.03. The minimum Gasteiger partial charge on any atom is -0.355 e. The van der Waals surface area contributed by atoms with Crippen LogP contribution in [-0.4, -0.2) is 33.4 Å². The predicted octanol–water partition coefficient (Wildman–Crippen LogP) is 2.84. The van der Waals surface area contributed by atoms with Crippen LogP contribution in [0.1, 0.15) is 24.0 Å². The molecule has 0 saturated carbocycles. The van der Waals surface area contributed by atoms with E-state index in [0.29, 0.717) is 12.3 Å². The van der Waals surface area contributed by atoms with Gasteiger partial charge in [0.15, 0.2) is 0 Å². The molecule has 0 aromatic carbocycles. The Labute approximate surface area is 132 Å². The molecule has 0 saturated heterocycles. The van der Waals surface area contributed by atoms with Crippen LogP contribution in [0.5, 0.6) is 0 Å². The summed E-state index contributed by atoms with van der Waals surface area (Å²) in [6, 6.07) is 3.83. The maximum absolute atomic E-state index is 11.5. The molecule has 2 aromatic heterocycles. The number of carbonyl (C=O) groups excluding carboxylic acids is 1. The van der Waals surface area contributed by atoms with E-state index < -0.39 is 0 Å². The summed E-state index contributed by atoms with van der Waals surface area (Å²) in [5.41, 5.74) is 1.81. The predicted molar refractivity (Wildman–Crippen MR) is 86.6 cm³/mol. The molecule has 0 fully saturated rings. The van der Waals surface area contributed by atoms with Gasteiger partial charge in [0.1, 0.15) is 10.7 Å². The van der Waals surface area contributed by atoms with E-state index in [1.54, 1.807) is 11.3 Å². The third-order valence-corrected chi connectivity index (χ3v) is 4.71. The van der Waals surface area contributed by atoms with Gasteiger partial charge < -0.3 is 5.32 Å². The van der Waals surface area contributed by atoms with Gasteiger partial charge >= 0.3 is 0 Å².